The fourth-order valence-electron chi connectivity index (χ4n) is 2.36. The molecule has 0 aliphatic carbocycles. The average molecular weight is 385 g/mol. The lowest BCUT2D eigenvalue weighted by Crippen LogP contribution is -2.17. The van der Waals surface area contributed by atoms with Gasteiger partial charge in [-0.3, -0.25) is 9.59 Å². The Balaban J connectivity index is 2.06. The molecule has 0 saturated heterocycles. The van der Waals surface area contributed by atoms with E-state index in [1.54, 1.807) is 43.3 Å². The highest BCUT2D eigenvalue weighted by Crippen LogP contribution is 2.37. The molecule has 0 atom stereocenters. The lowest BCUT2D eigenvalue weighted by molar-refractivity contribution is -0.115. The molecule has 2 rings (SSSR count). The zero-order chi connectivity index (χ0) is 20.5. The van der Waals surface area contributed by atoms with E-state index in [4.69, 9.17) is 14.2 Å². The molecule has 0 radical (unpaired) electrons. The van der Waals surface area contributed by atoms with Crippen LogP contribution in [0.15, 0.2) is 41.5 Å². The number of hydrogen-bond donors (Lipinski definition) is 2. The van der Waals surface area contributed by atoms with Crippen molar-refractivity contribution in [2.75, 3.05) is 26.6 Å². The molecule has 2 aromatic carbocycles. The molecule has 2 amide bonds. The highest BCUT2D eigenvalue weighted by molar-refractivity contribution is 5.96. The number of nitrogens with zero attached hydrogens (tertiary/aromatic N) is 1. The molecular weight excluding hydrogens is 362 g/mol. The van der Waals surface area contributed by atoms with Gasteiger partial charge in [0.25, 0.3) is 5.91 Å². The van der Waals surface area contributed by atoms with Crippen LogP contribution in [0.4, 0.5) is 5.69 Å². The van der Waals surface area contributed by atoms with Gasteiger partial charge < -0.3 is 19.5 Å². The first-order valence-corrected chi connectivity index (χ1v) is 8.55. The van der Waals surface area contributed by atoms with Crippen molar-refractivity contribution >= 4 is 23.7 Å². The topological polar surface area (TPSA) is 98.3 Å². The normalized spacial score (nSPS) is 10.4. The molecule has 0 spiro atoms. The van der Waals surface area contributed by atoms with Crippen LogP contribution in [0.1, 0.15) is 29.3 Å². The molecule has 0 aromatic heterocycles. The maximum Gasteiger partial charge on any atom is 0.271 e. The van der Waals surface area contributed by atoms with E-state index in [0.29, 0.717) is 40.5 Å². The first kappa shape index (κ1) is 20.8. The van der Waals surface area contributed by atoms with Crippen molar-refractivity contribution in [2.45, 2.75) is 13.3 Å². The number of carbonyl (C=O) groups is 2. The van der Waals surface area contributed by atoms with Crippen molar-refractivity contribution in [1.82, 2.24) is 5.43 Å². The Labute approximate surface area is 163 Å². The molecule has 2 aromatic rings. The Kier molecular flexibility index (Phi) is 7.38. The summed E-state index contributed by atoms with van der Waals surface area (Å²) in [7, 11) is 4.56. The van der Waals surface area contributed by atoms with Crippen molar-refractivity contribution in [1.29, 1.82) is 0 Å². The highest BCUT2D eigenvalue weighted by Gasteiger charge is 2.12. The molecule has 0 saturated carbocycles. The minimum atomic E-state index is -0.378. The summed E-state index contributed by atoms with van der Waals surface area (Å²) in [5, 5.41) is 6.68. The van der Waals surface area contributed by atoms with Gasteiger partial charge in [-0.1, -0.05) is 6.92 Å². The number of rotatable bonds is 8. The quantitative estimate of drug-likeness (QED) is 0.538. The van der Waals surface area contributed by atoms with E-state index in [1.807, 2.05) is 0 Å². The molecule has 0 bridgehead atoms. The van der Waals surface area contributed by atoms with E-state index < -0.39 is 0 Å². The molecule has 0 aliphatic rings. The van der Waals surface area contributed by atoms with Crippen LogP contribution in [0.25, 0.3) is 0 Å². The fourth-order valence-corrected chi connectivity index (χ4v) is 2.36. The van der Waals surface area contributed by atoms with Gasteiger partial charge in [-0.15, -0.1) is 0 Å². The van der Waals surface area contributed by atoms with E-state index in [9.17, 15) is 9.59 Å². The third-order valence-electron chi connectivity index (χ3n) is 3.82. The van der Waals surface area contributed by atoms with Gasteiger partial charge in [0.1, 0.15) is 0 Å². The number of benzene rings is 2. The largest absolute Gasteiger partial charge is 0.493 e. The predicted octanol–water partition coefficient (Wildman–Crippen LogP) is 2.82. The first-order valence-electron chi connectivity index (χ1n) is 8.55. The summed E-state index contributed by atoms with van der Waals surface area (Å²) >= 11 is 0. The molecule has 8 nitrogen and oxygen atoms in total. The predicted molar refractivity (Wildman–Crippen MR) is 107 cm³/mol. The zero-order valence-electron chi connectivity index (χ0n) is 16.2. The van der Waals surface area contributed by atoms with E-state index >= 15 is 0 Å². The second-order valence-corrected chi connectivity index (χ2v) is 5.64. The minimum Gasteiger partial charge on any atom is -0.493 e. The first-order chi connectivity index (χ1) is 13.5. The number of hydrogen-bond acceptors (Lipinski definition) is 6. The summed E-state index contributed by atoms with van der Waals surface area (Å²) in [5.41, 5.74) is 4.15. The van der Waals surface area contributed by atoms with Crippen molar-refractivity contribution in [3.63, 3.8) is 0 Å². The molecule has 0 aliphatic heterocycles. The van der Waals surface area contributed by atoms with E-state index in [1.165, 1.54) is 27.5 Å². The lowest BCUT2D eigenvalue weighted by atomic mass is 10.2. The van der Waals surface area contributed by atoms with Crippen LogP contribution in [0.5, 0.6) is 17.2 Å². The Bertz CT molecular complexity index is 838. The van der Waals surface area contributed by atoms with Crippen LogP contribution in [0, 0.1) is 0 Å². The SMILES string of the molecule is CCC(=O)Nc1ccc(C(=O)N/N=C/c2cc(OC)c(OC)c(OC)c2)cc1. The fraction of sp³-hybridized carbons (Fsp3) is 0.250. The second kappa shape index (κ2) is 9.96. The standard InChI is InChI=1S/C20H23N3O5/c1-5-18(24)22-15-8-6-14(7-9-15)20(25)23-21-12-13-10-16(26-2)19(28-4)17(11-13)27-3/h6-12H,5H2,1-4H3,(H,22,24)(H,23,25)/b21-12+. The van der Waals surface area contributed by atoms with Gasteiger partial charge in [0.2, 0.25) is 11.7 Å². The Morgan fingerprint density at radius 1 is 1.00 bits per heavy atom. The van der Waals surface area contributed by atoms with E-state index in [2.05, 4.69) is 15.8 Å². The highest BCUT2D eigenvalue weighted by atomic mass is 16.5. The zero-order valence-corrected chi connectivity index (χ0v) is 16.2. The Morgan fingerprint density at radius 3 is 2.11 bits per heavy atom. The lowest BCUT2D eigenvalue weighted by Gasteiger charge is -2.12. The number of nitrogens with one attached hydrogen (secondary N) is 2. The molecule has 0 unspecified atom stereocenters. The van der Waals surface area contributed by atoms with Gasteiger partial charge >= 0.3 is 0 Å². The number of methoxy groups -OCH3 is 3. The number of anilines is 1. The van der Waals surface area contributed by atoms with Gasteiger partial charge in [-0.25, -0.2) is 5.43 Å². The van der Waals surface area contributed by atoms with Crippen LogP contribution < -0.4 is 25.0 Å². The van der Waals surface area contributed by atoms with Gasteiger partial charge in [-0.05, 0) is 36.4 Å². The van der Waals surface area contributed by atoms with Crippen LogP contribution in [0.2, 0.25) is 0 Å². The monoisotopic (exact) mass is 385 g/mol. The Morgan fingerprint density at radius 2 is 1.61 bits per heavy atom. The minimum absolute atomic E-state index is 0.0906. The van der Waals surface area contributed by atoms with Crippen molar-refractivity contribution in [3.05, 3.63) is 47.5 Å². The molecule has 0 heterocycles. The third kappa shape index (κ3) is 5.23. The second-order valence-electron chi connectivity index (χ2n) is 5.64. The van der Waals surface area contributed by atoms with Crippen molar-refractivity contribution < 1.29 is 23.8 Å². The number of ether oxygens (including phenoxy) is 3. The summed E-state index contributed by atoms with van der Waals surface area (Å²) in [6, 6.07) is 9.95. The van der Waals surface area contributed by atoms with E-state index in [0.717, 1.165) is 0 Å². The number of carbonyl (C=O) groups excluding carboxylic acids is 2. The van der Waals surface area contributed by atoms with Gasteiger partial charge in [0.05, 0.1) is 27.5 Å². The van der Waals surface area contributed by atoms with Gasteiger partial charge in [-0.2, -0.15) is 5.10 Å². The van der Waals surface area contributed by atoms with Gasteiger partial charge in [0, 0.05) is 23.2 Å². The van der Waals surface area contributed by atoms with Gasteiger partial charge in [0.15, 0.2) is 11.5 Å². The Hall–Kier alpha value is -3.55. The maximum atomic E-state index is 12.2. The molecule has 8 heteroatoms. The molecule has 148 valence electrons. The van der Waals surface area contributed by atoms with Crippen molar-refractivity contribution in [2.24, 2.45) is 5.10 Å². The van der Waals surface area contributed by atoms with E-state index in [-0.39, 0.29) is 11.8 Å². The number of amides is 2. The average Bonchev–Trinajstić information content (AvgIpc) is 2.73. The molecule has 28 heavy (non-hydrogen) atoms. The number of hydrazone groups is 1. The molecule has 0 fully saturated rings. The summed E-state index contributed by atoms with van der Waals surface area (Å²) < 4.78 is 15.8. The molecular formula is C20H23N3O5. The van der Waals surface area contributed by atoms with Crippen LogP contribution in [0.3, 0.4) is 0 Å². The molecule has 2 N–H and O–H groups in total. The summed E-state index contributed by atoms with van der Waals surface area (Å²) in [5.74, 6) is 0.976. The van der Waals surface area contributed by atoms with Crippen LogP contribution in [-0.4, -0.2) is 39.4 Å². The summed E-state index contributed by atoms with van der Waals surface area (Å²) in [6.07, 6.45) is 1.86. The van der Waals surface area contributed by atoms with Crippen LogP contribution in [-0.2, 0) is 4.79 Å². The van der Waals surface area contributed by atoms with Crippen LogP contribution >= 0.6 is 0 Å². The van der Waals surface area contributed by atoms with Crippen molar-refractivity contribution in [3.8, 4) is 17.2 Å². The summed E-state index contributed by atoms with van der Waals surface area (Å²) in [4.78, 5) is 23.6. The summed E-state index contributed by atoms with van der Waals surface area (Å²) in [6.45, 7) is 1.77. The smallest absolute Gasteiger partial charge is 0.271 e. The maximum absolute atomic E-state index is 12.2. The third-order valence-corrected chi connectivity index (χ3v) is 3.82.